The summed E-state index contributed by atoms with van der Waals surface area (Å²) >= 11 is 0. The number of carboxylic acids is 1. The van der Waals surface area contributed by atoms with Crippen molar-refractivity contribution in [3.63, 3.8) is 0 Å². The number of benzene rings is 1. The highest BCUT2D eigenvalue weighted by atomic mass is 19.4. The average molecular weight is 610 g/mol. The van der Waals surface area contributed by atoms with E-state index in [0.29, 0.717) is 12.6 Å². The summed E-state index contributed by atoms with van der Waals surface area (Å²) in [5.41, 5.74) is 6.49. The first-order valence-corrected chi connectivity index (χ1v) is 14.7. The molecule has 9 nitrogen and oxygen atoms in total. The van der Waals surface area contributed by atoms with E-state index in [2.05, 4.69) is 25.1 Å². The number of rotatable bonds is 6. The summed E-state index contributed by atoms with van der Waals surface area (Å²) < 4.78 is 31.7. The minimum Gasteiger partial charge on any atom is -0.475 e. The molecule has 5 heterocycles. The molecular formula is C32H34F3N5O4. The van der Waals surface area contributed by atoms with Crippen LogP contribution in [-0.4, -0.2) is 87.6 Å². The van der Waals surface area contributed by atoms with Gasteiger partial charge in [-0.05, 0) is 68.6 Å². The largest absolute Gasteiger partial charge is 0.490 e. The van der Waals surface area contributed by atoms with Gasteiger partial charge in [0.25, 0.3) is 5.91 Å². The van der Waals surface area contributed by atoms with Crippen LogP contribution in [0.5, 0.6) is 0 Å². The predicted octanol–water partition coefficient (Wildman–Crippen LogP) is 4.76. The van der Waals surface area contributed by atoms with Gasteiger partial charge in [-0.2, -0.15) is 13.2 Å². The number of amides is 2. The van der Waals surface area contributed by atoms with Crippen molar-refractivity contribution in [2.24, 2.45) is 0 Å². The van der Waals surface area contributed by atoms with Crippen molar-refractivity contribution in [2.45, 2.75) is 44.3 Å². The van der Waals surface area contributed by atoms with Gasteiger partial charge in [0.2, 0.25) is 5.91 Å². The Hall–Kier alpha value is -4.45. The highest BCUT2D eigenvalue weighted by Crippen LogP contribution is 2.28. The second kappa shape index (κ2) is 13.5. The third-order valence-electron chi connectivity index (χ3n) is 8.07. The smallest absolute Gasteiger partial charge is 0.475 e. The highest BCUT2D eigenvalue weighted by molar-refractivity contribution is 5.98. The molecular weight excluding hydrogens is 575 g/mol. The molecule has 2 saturated heterocycles. The number of nitrogens with zero attached hydrogens (tertiary/aromatic N) is 3. The zero-order valence-corrected chi connectivity index (χ0v) is 24.1. The number of halogens is 3. The minimum absolute atomic E-state index is 0.0213. The van der Waals surface area contributed by atoms with Gasteiger partial charge in [-0.1, -0.05) is 24.3 Å². The van der Waals surface area contributed by atoms with Crippen LogP contribution in [0, 0.1) is 0 Å². The van der Waals surface area contributed by atoms with Gasteiger partial charge in [-0.3, -0.25) is 14.6 Å². The number of alkyl halides is 3. The number of pyridine rings is 1. The fourth-order valence-corrected chi connectivity index (χ4v) is 5.81. The Bertz CT molecular complexity index is 1530. The lowest BCUT2D eigenvalue weighted by Gasteiger charge is -2.27. The Labute approximate surface area is 252 Å². The lowest BCUT2D eigenvalue weighted by atomic mass is 10.0. The molecule has 0 spiro atoms. The van der Waals surface area contributed by atoms with Crippen LogP contribution in [0.3, 0.4) is 0 Å². The summed E-state index contributed by atoms with van der Waals surface area (Å²) in [4.78, 5) is 46.5. The van der Waals surface area contributed by atoms with Crippen molar-refractivity contribution in [3.05, 3.63) is 71.6 Å². The van der Waals surface area contributed by atoms with Crippen LogP contribution in [0.2, 0.25) is 0 Å². The summed E-state index contributed by atoms with van der Waals surface area (Å²) in [7, 11) is 0. The van der Waals surface area contributed by atoms with Crippen LogP contribution < -0.4 is 5.32 Å². The number of hydrogen-bond donors (Lipinski definition) is 3. The lowest BCUT2D eigenvalue weighted by molar-refractivity contribution is -0.192. The molecule has 232 valence electrons. The van der Waals surface area contributed by atoms with Crippen molar-refractivity contribution in [2.75, 3.05) is 32.7 Å². The first-order valence-electron chi connectivity index (χ1n) is 14.7. The summed E-state index contributed by atoms with van der Waals surface area (Å²) in [5.74, 6) is -2.66. The first-order chi connectivity index (χ1) is 21.1. The molecule has 0 bridgehead atoms. The molecule has 6 rings (SSSR count). The number of carbonyl (C=O) groups is 3. The number of carboxylic acid groups (broad SMARTS) is 1. The van der Waals surface area contributed by atoms with Crippen molar-refractivity contribution in [1.29, 1.82) is 0 Å². The van der Waals surface area contributed by atoms with Crippen LogP contribution in [0.4, 0.5) is 13.2 Å². The summed E-state index contributed by atoms with van der Waals surface area (Å²) in [6, 6.07) is 14.4. The van der Waals surface area contributed by atoms with Crippen molar-refractivity contribution in [1.82, 2.24) is 25.1 Å². The van der Waals surface area contributed by atoms with Gasteiger partial charge in [0.1, 0.15) is 0 Å². The van der Waals surface area contributed by atoms with E-state index < -0.39 is 12.1 Å². The molecule has 2 amide bonds. The zero-order chi connectivity index (χ0) is 31.3. The number of likely N-dealkylation sites (tertiary alicyclic amines) is 2. The maximum Gasteiger partial charge on any atom is 0.490 e. The van der Waals surface area contributed by atoms with E-state index in [0.717, 1.165) is 71.7 Å². The van der Waals surface area contributed by atoms with E-state index in [1.165, 1.54) is 25.9 Å². The van der Waals surface area contributed by atoms with E-state index in [-0.39, 0.29) is 11.8 Å². The van der Waals surface area contributed by atoms with Gasteiger partial charge in [0.05, 0.1) is 11.3 Å². The number of aromatic nitrogens is 2. The minimum atomic E-state index is -5.08. The van der Waals surface area contributed by atoms with Crippen molar-refractivity contribution in [3.8, 4) is 22.5 Å². The molecule has 2 aromatic heterocycles. The van der Waals surface area contributed by atoms with Gasteiger partial charge in [0, 0.05) is 66.9 Å². The number of nitrogens with one attached hydrogen (secondary N) is 2. The van der Waals surface area contributed by atoms with Gasteiger partial charge in [0.15, 0.2) is 0 Å². The number of H-pyrrole nitrogens is 1. The normalized spacial score (nSPS) is 18.6. The lowest BCUT2D eigenvalue weighted by Crippen LogP contribution is -2.41. The molecule has 3 aromatic rings. The molecule has 3 aliphatic rings. The maximum atomic E-state index is 12.9. The SMILES string of the molecule is O=C(O)C(F)(F)F.O=C1NCCc2[nH]c(-c3ccnc(-c4ccc(/C=C/C(=O)N5CCC[C@@H]5CN5CCCC5)cc4)c3)cc21. The number of aliphatic carboxylic acids is 1. The van der Waals surface area contributed by atoms with Gasteiger partial charge in [-0.15, -0.1) is 0 Å². The second-order valence-corrected chi connectivity index (χ2v) is 11.1. The Morgan fingerprint density at radius 3 is 2.43 bits per heavy atom. The van der Waals surface area contributed by atoms with E-state index in [1.54, 1.807) is 12.3 Å². The second-order valence-electron chi connectivity index (χ2n) is 11.1. The standard InChI is InChI=1S/C30H33N5O2.C2HF3O2/c36-29(35-17-3-4-24(35)20-34-15-1-2-16-34)10-7-21-5-8-22(9-6-21)27-18-23(11-13-31-27)28-19-25-26(33-28)12-14-32-30(25)37;3-2(4,5)1(6)7/h5-11,13,18-19,24,33H,1-4,12,14-17,20H2,(H,32,37);(H,6,7)/b10-7+;/t24-;/m1./s1. The molecule has 1 aromatic carbocycles. The van der Waals surface area contributed by atoms with E-state index in [4.69, 9.17) is 9.90 Å². The Balaban J connectivity index is 0.000000493. The van der Waals surface area contributed by atoms with Crippen molar-refractivity contribution < 1.29 is 32.7 Å². The Morgan fingerprint density at radius 2 is 1.75 bits per heavy atom. The molecule has 12 heteroatoms. The quantitative estimate of drug-likeness (QED) is 0.347. The maximum absolute atomic E-state index is 12.9. The fraction of sp³-hybridized carbons (Fsp3) is 0.375. The molecule has 3 N–H and O–H groups in total. The number of aromatic amines is 1. The summed E-state index contributed by atoms with van der Waals surface area (Å²) in [5, 5.41) is 10.0. The van der Waals surface area contributed by atoms with Crippen molar-refractivity contribution >= 4 is 23.9 Å². The zero-order valence-electron chi connectivity index (χ0n) is 24.1. The number of carbonyl (C=O) groups excluding carboxylic acids is 2. The molecule has 3 aliphatic heterocycles. The first kappa shape index (κ1) is 31.0. The summed E-state index contributed by atoms with van der Waals surface area (Å²) in [6.07, 6.45) is 5.92. The average Bonchev–Trinajstić information content (AvgIpc) is 3.78. The topological polar surface area (TPSA) is 119 Å². The predicted molar refractivity (Wildman–Crippen MR) is 159 cm³/mol. The monoisotopic (exact) mass is 609 g/mol. The highest BCUT2D eigenvalue weighted by Gasteiger charge is 2.38. The molecule has 0 unspecified atom stereocenters. The summed E-state index contributed by atoms with van der Waals surface area (Å²) in [6.45, 7) is 4.87. The van der Waals surface area contributed by atoms with Crippen LogP contribution in [0.1, 0.15) is 47.3 Å². The van der Waals surface area contributed by atoms with E-state index in [9.17, 15) is 22.8 Å². The van der Waals surface area contributed by atoms with E-state index in [1.807, 2.05) is 48.5 Å². The van der Waals surface area contributed by atoms with Gasteiger partial charge >= 0.3 is 12.1 Å². The third-order valence-corrected chi connectivity index (χ3v) is 8.07. The number of hydrogen-bond acceptors (Lipinski definition) is 5. The van der Waals surface area contributed by atoms with Gasteiger partial charge < -0.3 is 25.2 Å². The van der Waals surface area contributed by atoms with Gasteiger partial charge in [-0.25, -0.2) is 4.79 Å². The Morgan fingerprint density at radius 1 is 1.02 bits per heavy atom. The van der Waals surface area contributed by atoms with Crippen LogP contribution in [0.25, 0.3) is 28.6 Å². The fourth-order valence-electron chi connectivity index (χ4n) is 5.81. The van der Waals surface area contributed by atoms with Crippen LogP contribution in [0.15, 0.2) is 54.7 Å². The third kappa shape index (κ3) is 7.54. The van der Waals surface area contributed by atoms with Crippen LogP contribution in [-0.2, 0) is 16.0 Å². The molecule has 1 atom stereocenters. The molecule has 0 radical (unpaired) electrons. The molecule has 0 aliphatic carbocycles. The number of fused-ring (bicyclic) bond motifs is 1. The van der Waals surface area contributed by atoms with Crippen LogP contribution >= 0.6 is 0 Å². The molecule has 44 heavy (non-hydrogen) atoms. The Kier molecular flexibility index (Phi) is 9.48. The molecule has 2 fully saturated rings. The molecule has 0 saturated carbocycles. The van der Waals surface area contributed by atoms with E-state index >= 15 is 0 Å².